The summed E-state index contributed by atoms with van der Waals surface area (Å²) in [5, 5.41) is 5.46. The summed E-state index contributed by atoms with van der Waals surface area (Å²) in [7, 11) is 1.59. The Morgan fingerprint density at radius 2 is 1.93 bits per heavy atom. The number of nitrogens with one attached hydrogen (secondary N) is 2. The van der Waals surface area contributed by atoms with Crippen LogP contribution in [0, 0.1) is 24.5 Å². The summed E-state index contributed by atoms with van der Waals surface area (Å²) in [6, 6.07) is 9.52. The van der Waals surface area contributed by atoms with Crippen LogP contribution in [-0.4, -0.2) is 31.1 Å². The van der Waals surface area contributed by atoms with Crippen molar-refractivity contribution in [3.05, 3.63) is 64.7 Å². The van der Waals surface area contributed by atoms with E-state index in [2.05, 4.69) is 21.6 Å². The maximum absolute atomic E-state index is 13.5. The number of urea groups is 1. The molecule has 1 atom stereocenters. The van der Waals surface area contributed by atoms with Crippen molar-refractivity contribution < 1.29 is 13.6 Å². The van der Waals surface area contributed by atoms with E-state index in [0.29, 0.717) is 17.9 Å². The molecule has 1 unspecified atom stereocenters. The third-order valence-electron chi connectivity index (χ3n) is 5.18. The molecule has 1 aliphatic rings. The predicted molar refractivity (Wildman–Crippen MR) is 107 cm³/mol. The van der Waals surface area contributed by atoms with Crippen LogP contribution >= 0.6 is 0 Å². The fraction of sp³-hybridized carbons (Fsp3) is 0.409. The molecular weight excluding hydrogens is 360 g/mol. The van der Waals surface area contributed by atoms with Crippen molar-refractivity contribution in [2.75, 3.05) is 25.5 Å². The number of piperidine rings is 1. The van der Waals surface area contributed by atoms with E-state index in [1.165, 1.54) is 12.1 Å². The van der Waals surface area contributed by atoms with Crippen LogP contribution in [0.4, 0.5) is 19.3 Å². The van der Waals surface area contributed by atoms with Gasteiger partial charge in [-0.05, 0) is 68.0 Å². The highest BCUT2D eigenvalue weighted by molar-refractivity contribution is 5.89. The van der Waals surface area contributed by atoms with Crippen LogP contribution < -0.4 is 10.6 Å². The summed E-state index contributed by atoms with van der Waals surface area (Å²) in [6.07, 6.45) is 2.76. The van der Waals surface area contributed by atoms with Crippen LogP contribution in [0.1, 0.15) is 29.5 Å². The number of halogens is 2. The Morgan fingerprint density at radius 1 is 1.18 bits per heavy atom. The zero-order chi connectivity index (χ0) is 20.1. The van der Waals surface area contributed by atoms with Gasteiger partial charge in [-0.2, -0.15) is 0 Å². The largest absolute Gasteiger partial charge is 0.341 e. The second kappa shape index (κ2) is 9.15. The molecule has 2 aromatic carbocycles. The summed E-state index contributed by atoms with van der Waals surface area (Å²) in [5.41, 5.74) is 3.73. The molecule has 0 spiro atoms. The first-order valence-electron chi connectivity index (χ1n) is 9.68. The van der Waals surface area contributed by atoms with Crippen molar-refractivity contribution in [3.63, 3.8) is 0 Å². The van der Waals surface area contributed by atoms with Crippen LogP contribution in [0.2, 0.25) is 0 Å². The number of hydrogen-bond donors (Lipinski definition) is 2. The quantitative estimate of drug-likeness (QED) is 0.795. The first-order chi connectivity index (χ1) is 13.4. The molecule has 2 amide bonds. The molecule has 0 aromatic heterocycles. The first-order valence-corrected chi connectivity index (χ1v) is 9.68. The lowest BCUT2D eigenvalue weighted by atomic mass is 9.91. The predicted octanol–water partition coefficient (Wildman–Crippen LogP) is 4.48. The molecule has 28 heavy (non-hydrogen) atoms. The average Bonchev–Trinajstić information content (AvgIpc) is 2.63. The molecule has 1 aliphatic heterocycles. The average molecular weight is 387 g/mol. The number of amides is 2. The van der Waals surface area contributed by atoms with E-state index in [9.17, 15) is 13.6 Å². The Hall–Kier alpha value is -2.47. The lowest BCUT2D eigenvalue weighted by molar-refractivity contribution is 0.167. The number of rotatable bonds is 5. The van der Waals surface area contributed by atoms with Gasteiger partial charge < -0.3 is 10.6 Å². The molecule has 1 saturated heterocycles. The first kappa shape index (κ1) is 20.3. The Kier molecular flexibility index (Phi) is 6.62. The van der Waals surface area contributed by atoms with Gasteiger partial charge in [0.2, 0.25) is 0 Å². The standard InChI is InChI=1S/C22H27F2N3O/c1-15-5-6-21(26-22(28)25-2)18(8-15)14-27-7-3-4-16(13-27)9-17-10-19(23)12-20(24)11-17/h5-6,8,10-12,16H,3-4,7,9,13-14H2,1-2H3,(H2,25,26,28). The van der Waals surface area contributed by atoms with Crippen LogP contribution in [0.3, 0.4) is 0 Å². The minimum atomic E-state index is -0.521. The third kappa shape index (κ3) is 5.52. The Balaban J connectivity index is 1.68. The monoisotopic (exact) mass is 387 g/mol. The third-order valence-corrected chi connectivity index (χ3v) is 5.18. The summed E-state index contributed by atoms with van der Waals surface area (Å²) >= 11 is 0. The maximum atomic E-state index is 13.5. The molecule has 0 aliphatic carbocycles. The van der Waals surface area contributed by atoms with Crippen molar-refractivity contribution in [1.29, 1.82) is 0 Å². The highest BCUT2D eigenvalue weighted by Crippen LogP contribution is 2.25. The van der Waals surface area contributed by atoms with Gasteiger partial charge in [-0.15, -0.1) is 0 Å². The van der Waals surface area contributed by atoms with Crippen molar-refractivity contribution in [1.82, 2.24) is 10.2 Å². The molecule has 2 aromatic rings. The van der Waals surface area contributed by atoms with Crippen molar-refractivity contribution >= 4 is 11.7 Å². The van der Waals surface area contributed by atoms with Gasteiger partial charge in [-0.25, -0.2) is 13.6 Å². The number of carbonyl (C=O) groups is 1. The Bertz CT molecular complexity index is 820. The lowest BCUT2D eigenvalue weighted by Gasteiger charge is -2.33. The van der Waals surface area contributed by atoms with Crippen molar-refractivity contribution in [3.8, 4) is 0 Å². The normalized spacial score (nSPS) is 17.4. The second-order valence-electron chi connectivity index (χ2n) is 7.59. The molecule has 4 nitrogen and oxygen atoms in total. The second-order valence-corrected chi connectivity index (χ2v) is 7.59. The number of carbonyl (C=O) groups excluding carboxylic acids is 1. The van der Waals surface area contributed by atoms with Crippen LogP contribution in [0.25, 0.3) is 0 Å². The van der Waals surface area contributed by atoms with E-state index >= 15 is 0 Å². The number of nitrogens with zero attached hydrogens (tertiary/aromatic N) is 1. The molecular formula is C22H27F2N3O. The molecule has 150 valence electrons. The molecule has 0 bridgehead atoms. The topological polar surface area (TPSA) is 44.4 Å². The number of aryl methyl sites for hydroxylation is 1. The Labute approximate surface area is 164 Å². The number of likely N-dealkylation sites (tertiary alicyclic amines) is 1. The Morgan fingerprint density at radius 3 is 2.64 bits per heavy atom. The molecule has 0 saturated carbocycles. The van der Waals surface area contributed by atoms with Gasteiger partial charge in [-0.3, -0.25) is 4.90 Å². The van der Waals surface area contributed by atoms with Crippen molar-refractivity contribution in [2.24, 2.45) is 5.92 Å². The lowest BCUT2D eigenvalue weighted by Crippen LogP contribution is -2.36. The molecule has 6 heteroatoms. The number of anilines is 1. The summed E-state index contributed by atoms with van der Waals surface area (Å²) in [5.74, 6) is -0.685. The molecule has 1 fully saturated rings. The van der Waals surface area contributed by atoms with E-state index in [1.54, 1.807) is 7.05 Å². The van der Waals surface area contributed by atoms with E-state index in [0.717, 1.165) is 55.4 Å². The molecule has 2 N–H and O–H groups in total. The summed E-state index contributed by atoms with van der Waals surface area (Å²) in [4.78, 5) is 14.1. The smallest absolute Gasteiger partial charge is 0.318 e. The molecule has 3 rings (SSSR count). The minimum absolute atomic E-state index is 0.241. The van der Waals surface area contributed by atoms with E-state index in [-0.39, 0.29) is 6.03 Å². The van der Waals surface area contributed by atoms with Gasteiger partial charge in [-0.1, -0.05) is 17.7 Å². The molecule has 0 radical (unpaired) electrons. The minimum Gasteiger partial charge on any atom is -0.341 e. The van der Waals surface area contributed by atoms with Gasteiger partial charge in [0.1, 0.15) is 11.6 Å². The molecule has 1 heterocycles. The maximum Gasteiger partial charge on any atom is 0.318 e. The van der Waals surface area contributed by atoms with Crippen molar-refractivity contribution in [2.45, 2.75) is 32.7 Å². The summed E-state index contributed by atoms with van der Waals surface area (Å²) < 4.78 is 26.9. The summed E-state index contributed by atoms with van der Waals surface area (Å²) in [6.45, 7) is 4.60. The highest BCUT2D eigenvalue weighted by atomic mass is 19.1. The van der Waals surface area contributed by atoms with Gasteiger partial charge >= 0.3 is 6.03 Å². The van der Waals surface area contributed by atoms with Gasteiger partial charge in [0.05, 0.1) is 0 Å². The zero-order valence-corrected chi connectivity index (χ0v) is 16.4. The van der Waals surface area contributed by atoms with E-state index in [4.69, 9.17) is 0 Å². The zero-order valence-electron chi connectivity index (χ0n) is 16.4. The van der Waals surface area contributed by atoms with Gasteiger partial charge in [0, 0.05) is 31.9 Å². The van der Waals surface area contributed by atoms with E-state index in [1.807, 2.05) is 19.1 Å². The fourth-order valence-electron chi connectivity index (χ4n) is 3.92. The van der Waals surface area contributed by atoms with Gasteiger partial charge in [0.25, 0.3) is 0 Å². The van der Waals surface area contributed by atoms with Crippen LogP contribution in [-0.2, 0) is 13.0 Å². The SMILES string of the molecule is CNC(=O)Nc1ccc(C)cc1CN1CCCC(Cc2cc(F)cc(F)c2)C1. The number of hydrogen-bond acceptors (Lipinski definition) is 2. The van der Waals surface area contributed by atoms with E-state index < -0.39 is 11.6 Å². The van der Waals surface area contributed by atoms with Crippen LogP contribution in [0.15, 0.2) is 36.4 Å². The van der Waals surface area contributed by atoms with Gasteiger partial charge in [0.15, 0.2) is 0 Å². The number of benzene rings is 2. The highest BCUT2D eigenvalue weighted by Gasteiger charge is 2.22. The van der Waals surface area contributed by atoms with Crippen LogP contribution in [0.5, 0.6) is 0 Å². The fourth-order valence-corrected chi connectivity index (χ4v) is 3.92.